The molecule has 0 unspecified atom stereocenters. The van der Waals surface area contributed by atoms with Crippen LogP contribution in [0.25, 0.3) is 0 Å². The number of amides is 2. The summed E-state index contributed by atoms with van der Waals surface area (Å²) in [6, 6.07) is 14.2. The van der Waals surface area contributed by atoms with Crippen molar-refractivity contribution >= 4 is 40.9 Å². The Kier molecular flexibility index (Phi) is 5.86. The van der Waals surface area contributed by atoms with E-state index in [0.29, 0.717) is 22.0 Å². The molecule has 4 nitrogen and oxygen atoms in total. The van der Waals surface area contributed by atoms with Gasteiger partial charge in [0.15, 0.2) is 0 Å². The Balaban J connectivity index is 1.86. The van der Waals surface area contributed by atoms with Crippen molar-refractivity contribution in [3.8, 4) is 0 Å². The SMILES string of the molecule is NC(=O)c1ccccc1NC(=O)CSCc1ccc(Cl)cc1. The molecule has 22 heavy (non-hydrogen) atoms. The summed E-state index contributed by atoms with van der Waals surface area (Å²) in [7, 11) is 0. The third kappa shape index (κ3) is 4.79. The highest BCUT2D eigenvalue weighted by Crippen LogP contribution is 2.17. The minimum atomic E-state index is -0.565. The van der Waals surface area contributed by atoms with Gasteiger partial charge in [0.2, 0.25) is 5.91 Å². The molecular weight excluding hydrogens is 320 g/mol. The average molecular weight is 335 g/mol. The highest BCUT2D eigenvalue weighted by Gasteiger charge is 2.10. The molecular formula is C16H15ClN2O2S. The first-order valence-electron chi connectivity index (χ1n) is 6.57. The lowest BCUT2D eigenvalue weighted by atomic mass is 10.1. The first-order valence-corrected chi connectivity index (χ1v) is 8.10. The Morgan fingerprint density at radius 2 is 1.77 bits per heavy atom. The summed E-state index contributed by atoms with van der Waals surface area (Å²) in [6.07, 6.45) is 0. The Morgan fingerprint density at radius 1 is 1.09 bits per heavy atom. The average Bonchev–Trinajstić information content (AvgIpc) is 2.49. The largest absolute Gasteiger partial charge is 0.366 e. The second-order valence-corrected chi connectivity index (χ2v) is 6.00. The molecule has 0 aliphatic carbocycles. The summed E-state index contributed by atoms with van der Waals surface area (Å²) in [5.74, 6) is 0.259. The molecule has 2 rings (SSSR count). The number of carbonyl (C=O) groups is 2. The maximum Gasteiger partial charge on any atom is 0.250 e. The van der Waals surface area contributed by atoms with E-state index in [1.54, 1.807) is 24.3 Å². The highest BCUT2D eigenvalue weighted by molar-refractivity contribution is 7.99. The standard InChI is InChI=1S/C16H15ClN2O2S/c17-12-7-5-11(6-8-12)9-22-10-15(20)19-14-4-2-1-3-13(14)16(18)21/h1-8H,9-10H2,(H2,18,21)(H,19,20). The number of halogens is 1. The molecule has 0 atom stereocenters. The molecule has 0 aliphatic heterocycles. The molecule has 3 N–H and O–H groups in total. The van der Waals surface area contributed by atoms with Crippen LogP contribution in [0.3, 0.4) is 0 Å². The number of carbonyl (C=O) groups excluding carboxylic acids is 2. The number of benzene rings is 2. The van der Waals surface area contributed by atoms with Gasteiger partial charge in [0, 0.05) is 10.8 Å². The van der Waals surface area contributed by atoms with Gasteiger partial charge in [-0.25, -0.2) is 0 Å². The number of primary amides is 1. The van der Waals surface area contributed by atoms with Gasteiger partial charge in [-0.2, -0.15) is 0 Å². The van der Waals surface area contributed by atoms with Gasteiger partial charge in [0.25, 0.3) is 5.91 Å². The molecule has 0 aliphatic rings. The van der Waals surface area contributed by atoms with Crippen molar-refractivity contribution < 1.29 is 9.59 Å². The number of nitrogens with one attached hydrogen (secondary N) is 1. The molecule has 2 amide bonds. The number of thioether (sulfide) groups is 1. The highest BCUT2D eigenvalue weighted by atomic mass is 35.5. The van der Waals surface area contributed by atoms with Crippen LogP contribution in [-0.2, 0) is 10.5 Å². The molecule has 2 aromatic carbocycles. The third-order valence-electron chi connectivity index (χ3n) is 2.88. The number of anilines is 1. The van der Waals surface area contributed by atoms with Crippen LogP contribution in [0.15, 0.2) is 48.5 Å². The Morgan fingerprint density at radius 3 is 2.45 bits per heavy atom. The second kappa shape index (κ2) is 7.87. The van der Waals surface area contributed by atoms with Crippen LogP contribution in [0.4, 0.5) is 5.69 Å². The number of nitrogens with two attached hydrogens (primary N) is 1. The van der Waals surface area contributed by atoms with Crippen LogP contribution in [0.2, 0.25) is 5.02 Å². The van der Waals surface area contributed by atoms with Gasteiger partial charge in [0.05, 0.1) is 17.0 Å². The summed E-state index contributed by atoms with van der Waals surface area (Å²) in [4.78, 5) is 23.2. The van der Waals surface area contributed by atoms with E-state index in [4.69, 9.17) is 17.3 Å². The summed E-state index contributed by atoms with van der Waals surface area (Å²) in [5, 5.41) is 3.39. The molecule has 6 heteroatoms. The van der Waals surface area contributed by atoms with E-state index < -0.39 is 5.91 Å². The van der Waals surface area contributed by atoms with Crippen molar-refractivity contribution in [3.05, 3.63) is 64.7 Å². The van der Waals surface area contributed by atoms with Crippen LogP contribution in [-0.4, -0.2) is 17.6 Å². The zero-order chi connectivity index (χ0) is 15.9. The van der Waals surface area contributed by atoms with Crippen molar-refractivity contribution in [2.75, 3.05) is 11.1 Å². The van der Waals surface area contributed by atoms with E-state index in [1.165, 1.54) is 11.8 Å². The van der Waals surface area contributed by atoms with Crippen LogP contribution in [0.1, 0.15) is 15.9 Å². The van der Waals surface area contributed by atoms with Crippen LogP contribution < -0.4 is 11.1 Å². The number of hydrogen-bond acceptors (Lipinski definition) is 3. The van der Waals surface area contributed by atoms with E-state index in [0.717, 1.165) is 5.56 Å². The quantitative estimate of drug-likeness (QED) is 0.851. The van der Waals surface area contributed by atoms with Crippen molar-refractivity contribution in [1.82, 2.24) is 0 Å². The maximum absolute atomic E-state index is 11.9. The monoisotopic (exact) mass is 334 g/mol. The first-order chi connectivity index (χ1) is 10.6. The lowest BCUT2D eigenvalue weighted by molar-refractivity contribution is -0.113. The predicted octanol–water partition coefficient (Wildman–Crippen LogP) is 3.31. The fourth-order valence-corrected chi connectivity index (χ4v) is 2.75. The van der Waals surface area contributed by atoms with Crippen LogP contribution in [0.5, 0.6) is 0 Å². The normalized spacial score (nSPS) is 10.2. The molecule has 0 saturated heterocycles. The van der Waals surface area contributed by atoms with Crippen LogP contribution >= 0.6 is 23.4 Å². The van der Waals surface area contributed by atoms with Crippen molar-refractivity contribution in [3.63, 3.8) is 0 Å². The van der Waals surface area contributed by atoms with Gasteiger partial charge in [-0.15, -0.1) is 11.8 Å². The van der Waals surface area contributed by atoms with E-state index in [2.05, 4.69) is 5.32 Å². The Labute approximate surface area is 138 Å². The summed E-state index contributed by atoms with van der Waals surface area (Å²) in [5.41, 5.74) is 7.11. The Hall–Kier alpha value is -1.98. The van der Waals surface area contributed by atoms with E-state index in [9.17, 15) is 9.59 Å². The van der Waals surface area contributed by atoms with Gasteiger partial charge in [-0.1, -0.05) is 35.9 Å². The second-order valence-electron chi connectivity index (χ2n) is 4.58. The van der Waals surface area contributed by atoms with Gasteiger partial charge in [0.1, 0.15) is 0 Å². The molecule has 114 valence electrons. The van der Waals surface area contributed by atoms with Crippen molar-refractivity contribution in [2.24, 2.45) is 5.73 Å². The van der Waals surface area contributed by atoms with Gasteiger partial charge in [-0.3, -0.25) is 9.59 Å². The van der Waals surface area contributed by atoms with E-state index >= 15 is 0 Å². The van der Waals surface area contributed by atoms with E-state index in [-0.39, 0.29) is 11.7 Å². The number of rotatable bonds is 6. The van der Waals surface area contributed by atoms with E-state index in [1.807, 2.05) is 24.3 Å². The maximum atomic E-state index is 11.9. The zero-order valence-corrected chi connectivity index (χ0v) is 13.3. The third-order valence-corrected chi connectivity index (χ3v) is 4.14. The fourth-order valence-electron chi connectivity index (χ4n) is 1.84. The lowest BCUT2D eigenvalue weighted by Crippen LogP contribution is -2.19. The number of hydrogen-bond donors (Lipinski definition) is 2. The number of para-hydroxylation sites is 1. The van der Waals surface area contributed by atoms with Crippen molar-refractivity contribution in [1.29, 1.82) is 0 Å². The minimum absolute atomic E-state index is 0.173. The zero-order valence-electron chi connectivity index (χ0n) is 11.7. The summed E-state index contributed by atoms with van der Waals surface area (Å²) >= 11 is 7.30. The fraction of sp³-hybridized carbons (Fsp3) is 0.125. The summed E-state index contributed by atoms with van der Waals surface area (Å²) in [6.45, 7) is 0. The van der Waals surface area contributed by atoms with Crippen molar-refractivity contribution in [2.45, 2.75) is 5.75 Å². The smallest absolute Gasteiger partial charge is 0.250 e. The molecule has 0 fully saturated rings. The predicted molar refractivity (Wildman–Crippen MR) is 91.2 cm³/mol. The molecule has 0 spiro atoms. The lowest BCUT2D eigenvalue weighted by Gasteiger charge is -2.08. The van der Waals surface area contributed by atoms with Gasteiger partial charge in [-0.05, 0) is 29.8 Å². The van der Waals surface area contributed by atoms with Crippen LogP contribution in [0, 0.1) is 0 Å². The molecule has 0 radical (unpaired) electrons. The van der Waals surface area contributed by atoms with Gasteiger partial charge >= 0.3 is 0 Å². The topological polar surface area (TPSA) is 72.2 Å². The molecule has 0 heterocycles. The molecule has 0 saturated carbocycles. The minimum Gasteiger partial charge on any atom is -0.366 e. The molecule has 0 bridgehead atoms. The summed E-state index contributed by atoms with van der Waals surface area (Å²) < 4.78 is 0. The molecule has 2 aromatic rings. The van der Waals surface area contributed by atoms with Gasteiger partial charge < -0.3 is 11.1 Å². The Bertz CT molecular complexity index is 674. The first kappa shape index (κ1) is 16.4. The molecule has 0 aromatic heterocycles.